The van der Waals surface area contributed by atoms with Crippen LogP contribution >= 0.6 is 24.4 Å². The van der Waals surface area contributed by atoms with E-state index in [2.05, 4.69) is 0 Å². The molecule has 0 amide bonds. The van der Waals surface area contributed by atoms with Crippen molar-refractivity contribution in [1.29, 1.82) is 0 Å². The molecule has 0 heterocycles. The van der Waals surface area contributed by atoms with Gasteiger partial charge in [-0.1, -0.05) is 179 Å². The van der Waals surface area contributed by atoms with Crippen LogP contribution in [0.1, 0.15) is 180 Å². The summed E-state index contributed by atoms with van der Waals surface area (Å²) in [5.74, 6) is 0. The lowest BCUT2D eigenvalue weighted by Crippen LogP contribution is -1.85. The first-order chi connectivity index (χ1) is 15.9. The monoisotopic (exact) mass is 482 g/mol. The van der Waals surface area contributed by atoms with Crippen molar-refractivity contribution in [1.82, 2.24) is 0 Å². The van der Waals surface area contributed by atoms with Crippen LogP contribution in [0, 0.1) is 0 Å². The molecule has 0 aromatic rings. The molecule has 0 rings (SSSR count). The second kappa shape index (κ2) is 31.2. The molecule has 32 heavy (non-hydrogen) atoms. The Morgan fingerprint density at radius 1 is 0.219 bits per heavy atom. The van der Waals surface area contributed by atoms with Crippen LogP contribution in [-0.2, 0) is 0 Å². The summed E-state index contributed by atoms with van der Waals surface area (Å²) >= 11 is 9.74. The van der Waals surface area contributed by atoms with Gasteiger partial charge in [-0.15, -0.1) is 0 Å². The van der Waals surface area contributed by atoms with Gasteiger partial charge in [0.15, 0.2) is 0 Å². The highest BCUT2D eigenvalue weighted by Gasteiger charge is 1.96. The minimum atomic E-state index is 1.13. The maximum atomic E-state index is 4.87. The van der Waals surface area contributed by atoms with Crippen LogP contribution in [0.2, 0.25) is 0 Å². The molecule has 0 spiro atoms. The van der Waals surface area contributed by atoms with Gasteiger partial charge in [-0.05, 0) is 36.4 Å². The van der Waals surface area contributed by atoms with Crippen molar-refractivity contribution in [2.75, 3.05) is 0 Å². The molecule has 0 aromatic heterocycles. The van der Waals surface area contributed by atoms with Crippen molar-refractivity contribution in [2.45, 2.75) is 180 Å². The zero-order valence-electron chi connectivity index (χ0n) is 21.8. The van der Waals surface area contributed by atoms with Crippen LogP contribution < -0.4 is 0 Å². The fourth-order valence-electron chi connectivity index (χ4n) is 4.70. The third kappa shape index (κ3) is 30.2. The molecular weight excluding hydrogens is 424 g/mol. The van der Waals surface area contributed by atoms with Gasteiger partial charge in [0.05, 0.1) is 0 Å². The van der Waals surface area contributed by atoms with Crippen molar-refractivity contribution in [2.24, 2.45) is 0 Å². The van der Waals surface area contributed by atoms with Gasteiger partial charge in [0.1, 0.15) is 0 Å². The largest absolute Gasteiger partial charge is 0.0935 e. The highest BCUT2D eigenvalue weighted by Crippen LogP contribution is 2.16. The molecule has 0 aliphatic rings. The molecule has 0 saturated carbocycles. The van der Waals surface area contributed by atoms with Crippen molar-refractivity contribution < 1.29 is 0 Å². The summed E-state index contributed by atoms with van der Waals surface area (Å²) in [6, 6.07) is 0. The third-order valence-electron chi connectivity index (χ3n) is 6.89. The fourth-order valence-corrected chi connectivity index (χ4v) is 5.03. The molecule has 0 nitrogen and oxygen atoms in total. The lowest BCUT2D eigenvalue weighted by molar-refractivity contribution is 0.515. The van der Waals surface area contributed by atoms with Gasteiger partial charge in [0.25, 0.3) is 0 Å². The predicted octanol–water partition coefficient (Wildman–Crippen LogP) is 11.9. The molecular formula is C30H58S2. The summed E-state index contributed by atoms with van der Waals surface area (Å²) in [4.78, 5) is 0. The highest BCUT2D eigenvalue weighted by atomic mass is 32.1. The summed E-state index contributed by atoms with van der Waals surface area (Å²) in [6.07, 6.45) is 39.8. The van der Waals surface area contributed by atoms with Crippen LogP contribution in [0.4, 0.5) is 0 Å². The van der Waals surface area contributed by atoms with Crippen molar-refractivity contribution in [3.8, 4) is 0 Å². The van der Waals surface area contributed by atoms with Gasteiger partial charge in [-0.3, -0.25) is 0 Å². The Kier molecular flexibility index (Phi) is 31.4. The standard InChI is InChI=1S/C30H58S2/c31-29-27-25-23-21-19-17-15-13-11-9-7-5-3-1-2-4-6-8-10-12-14-16-18-20-22-24-26-28-30-32/h29-30H,1-28H2. The zero-order valence-corrected chi connectivity index (χ0v) is 23.4. The first-order valence-corrected chi connectivity index (χ1v) is 15.7. The number of hydrogen-bond acceptors (Lipinski definition) is 2. The lowest BCUT2D eigenvalue weighted by Gasteiger charge is -2.04. The van der Waals surface area contributed by atoms with E-state index in [9.17, 15) is 0 Å². The molecule has 2 heteroatoms. The molecule has 0 bridgehead atoms. The van der Waals surface area contributed by atoms with E-state index >= 15 is 0 Å². The quantitative estimate of drug-likeness (QED) is 0.0767. The first-order valence-electron chi connectivity index (χ1n) is 14.8. The molecule has 0 saturated heterocycles. The fraction of sp³-hybridized carbons (Fsp3) is 0.933. The van der Waals surface area contributed by atoms with Crippen LogP contribution in [0.15, 0.2) is 0 Å². The van der Waals surface area contributed by atoms with Crippen molar-refractivity contribution in [3.63, 3.8) is 0 Å². The Labute approximate surface area is 214 Å². The third-order valence-corrected chi connectivity index (χ3v) is 7.37. The molecule has 0 aliphatic carbocycles. The summed E-state index contributed by atoms with van der Waals surface area (Å²) in [6.45, 7) is 0. The Bertz CT molecular complexity index is 319. The molecule has 0 N–H and O–H groups in total. The van der Waals surface area contributed by atoms with Gasteiger partial charge in [-0.2, -0.15) is 0 Å². The van der Waals surface area contributed by atoms with Crippen LogP contribution in [-0.4, -0.2) is 10.7 Å². The first kappa shape index (κ1) is 32.2. The highest BCUT2D eigenvalue weighted by molar-refractivity contribution is 7.79. The lowest BCUT2D eigenvalue weighted by atomic mass is 10.0. The predicted molar refractivity (Wildman–Crippen MR) is 157 cm³/mol. The zero-order chi connectivity index (χ0) is 23.2. The number of hydrogen-bond donors (Lipinski definition) is 0. The van der Waals surface area contributed by atoms with Crippen LogP contribution in [0.3, 0.4) is 0 Å². The Balaban J connectivity index is 2.99. The van der Waals surface area contributed by atoms with E-state index in [0.717, 1.165) is 12.8 Å². The second-order valence-electron chi connectivity index (χ2n) is 10.1. The number of thiocarbonyl (C=S) groups is 2. The number of unbranched alkanes of at least 4 members (excludes halogenated alkanes) is 27. The minimum absolute atomic E-state index is 1.13. The van der Waals surface area contributed by atoms with E-state index in [1.165, 1.54) is 167 Å². The van der Waals surface area contributed by atoms with Gasteiger partial charge < -0.3 is 0 Å². The second-order valence-corrected chi connectivity index (χ2v) is 10.8. The summed E-state index contributed by atoms with van der Waals surface area (Å²) in [5.41, 5.74) is 0. The molecule has 0 atom stereocenters. The SMILES string of the molecule is S=CCCCCCCCCCCCCCCCCCCCCCCCCCCCCC=S. The summed E-state index contributed by atoms with van der Waals surface area (Å²) in [5, 5.41) is 3.77. The summed E-state index contributed by atoms with van der Waals surface area (Å²) < 4.78 is 0. The maximum Gasteiger partial charge on any atom is -0.0210 e. The average molecular weight is 483 g/mol. The molecule has 0 fully saturated rings. The van der Waals surface area contributed by atoms with Crippen molar-refractivity contribution in [3.05, 3.63) is 0 Å². The van der Waals surface area contributed by atoms with E-state index in [-0.39, 0.29) is 0 Å². The van der Waals surface area contributed by atoms with E-state index in [1.807, 2.05) is 10.7 Å². The van der Waals surface area contributed by atoms with E-state index < -0.39 is 0 Å². The van der Waals surface area contributed by atoms with Gasteiger partial charge in [0, 0.05) is 0 Å². The summed E-state index contributed by atoms with van der Waals surface area (Å²) in [7, 11) is 0. The minimum Gasteiger partial charge on any atom is -0.0935 e. The van der Waals surface area contributed by atoms with Crippen molar-refractivity contribution >= 4 is 35.2 Å². The topological polar surface area (TPSA) is 0 Å². The normalized spacial score (nSPS) is 11.1. The van der Waals surface area contributed by atoms with Crippen LogP contribution in [0.25, 0.3) is 0 Å². The molecule has 0 aromatic carbocycles. The van der Waals surface area contributed by atoms with Crippen LogP contribution in [0.5, 0.6) is 0 Å². The Morgan fingerprint density at radius 3 is 0.469 bits per heavy atom. The van der Waals surface area contributed by atoms with E-state index in [0.29, 0.717) is 0 Å². The smallest absolute Gasteiger partial charge is 0.0210 e. The van der Waals surface area contributed by atoms with Gasteiger partial charge in [-0.25, -0.2) is 0 Å². The van der Waals surface area contributed by atoms with Gasteiger partial charge in [0.2, 0.25) is 0 Å². The Hall–Kier alpha value is 0.180. The molecule has 0 aliphatic heterocycles. The Morgan fingerprint density at radius 2 is 0.344 bits per heavy atom. The average Bonchev–Trinajstić information content (AvgIpc) is 2.81. The van der Waals surface area contributed by atoms with E-state index in [4.69, 9.17) is 24.4 Å². The molecule has 0 radical (unpaired) electrons. The number of rotatable bonds is 29. The van der Waals surface area contributed by atoms with Gasteiger partial charge >= 0.3 is 0 Å². The molecule has 0 unspecified atom stereocenters. The molecule has 190 valence electrons. The van der Waals surface area contributed by atoms with E-state index in [1.54, 1.807) is 0 Å². The maximum absolute atomic E-state index is 4.87.